The number of aromatic nitrogens is 2. The number of piperidine rings is 1. The van der Waals surface area contributed by atoms with E-state index in [4.69, 9.17) is 11.6 Å². The predicted octanol–water partition coefficient (Wildman–Crippen LogP) is 4.82. The Bertz CT molecular complexity index is 1740. The van der Waals surface area contributed by atoms with E-state index in [2.05, 4.69) is 20.5 Å². The largest absolute Gasteiger partial charge is 0.369 e. The molecule has 0 radical (unpaired) electrons. The first kappa shape index (κ1) is 27.7. The first-order valence-electron chi connectivity index (χ1n) is 13.9. The molecular formula is C32H30ClFN5O3+. The standard InChI is InChI=1S/C32H29ClFN5O3/c1-19-5-2-9-29(35-19)37-32(42)21-11-12-28(26(14-21)36-30(40)15-23-24(33)6-3-7-25(23)34)38-16-20-13-22(18-38)27-8-4-10-31(41)39(27)17-20/h2-12,14,20,22H,13,15-18H2,1H3,(H,36,40)(H,35,37,42)/p+1. The summed E-state index contributed by atoms with van der Waals surface area (Å²) in [6.07, 6.45) is 0.710. The summed E-state index contributed by atoms with van der Waals surface area (Å²) in [5.74, 6) is -0.425. The van der Waals surface area contributed by atoms with E-state index in [0.29, 0.717) is 36.7 Å². The van der Waals surface area contributed by atoms with Gasteiger partial charge in [-0.15, -0.1) is 0 Å². The van der Waals surface area contributed by atoms with Crippen molar-refractivity contribution in [1.29, 1.82) is 0 Å². The number of aromatic amines is 1. The smallest absolute Gasteiger partial charge is 0.339 e. The third-order valence-electron chi connectivity index (χ3n) is 7.94. The van der Waals surface area contributed by atoms with Gasteiger partial charge in [-0.25, -0.2) is 19.5 Å². The minimum absolute atomic E-state index is 0.0108. The maximum absolute atomic E-state index is 14.5. The topological polar surface area (TPSA) is 97.6 Å². The molecule has 2 unspecified atom stereocenters. The molecule has 2 bridgehead atoms. The SMILES string of the molecule is Cc1cccc(NC(=O)c2ccc(N3CC4CC(C3)c3cccc(=O)n3C4)c(NC(=O)Cc3c(F)cccc3Cl)c2)[nH+]1. The summed E-state index contributed by atoms with van der Waals surface area (Å²) in [6.45, 7) is 3.85. The molecule has 2 aromatic heterocycles. The lowest BCUT2D eigenvalue weighted by Gasteiger charge is -2.44. The number of fused-ring (bicyclic) bond motifs is 4. The van der Waals surface area contributed by atoms with Crippen LogP contribution in [-0.2, 0) is 17.8 Å². The summed E-state index contributed by atoms with van der Waals surface area (Å²) in [6, 6.07) is 20.4. The molecular weight excluding hydrogens is 557 g/mol. The van der Waals surface area contributed by atoms with Crippen molar-refractivity contribution >= 4 is 40.6 Å². The van der Waals surface area contributed by atoms with Crippen molar-refractivity contribution in [2.45, 2.75) is 32.2 Å². The molecule has 2 amide bonds. The van der Waals surface area contributed by atoms with Gasteiger partial charge in [-0.3, -0.25) is 9.59 Å². The van der Waals surface area contributed by atoms with Crippen molar-refractivity contribution < 1.29 is 19.0 Å². The number of nitrogens with zero attached hydrogens (tertiary/aromatic N) is 2. The quantitative estimate of drug-likeness (QED) is 0.338. The number of carbonyl (C=O) groups excluding carboxylic acids is 2. The van der Waals surface area contributed by atoms with Crippen LogP contribution in [0.15, 0.2) is 77.6 Å². The van der Waals surface area contributed by atoms with Gasteiger partial charge in [-0.05, 0) is 61.7 Å². The zero-order chi connectivity index (χ0) is 29.4. The second-order valence-corrected chi connectivity index (χ2v) is 11.4. The molecule has 2 aliphatic heterocycles. The van der Waals surface area contributed by atoms with Crippen LogP contribution in [0.25, 0.3) is 0 Å². The molecule has 2 aliphatic rings. The Morgan fingerprint density at radius 2 is 1.81 bits per heavy atom. The van der Waals surface area contributed by atoms with Gasteiger partial charge in [0.15, 0.2) is 0 Å². The summed E-state index contributed by atoms with van der Waals surface area (Å²) in [4.78, 5) is 44.2. The molecule has 8 nitrogen and oxygen atoms in total. The molecule has 6 rings (SSSR count). The van der Waals surface area contributed by atoms with E-state index >= 15 is 0 Å². The normalized spacial score (nSPS) is 17.4. The van der Waals surface area contributed by atoms with E-state index in [1.54, 1.807) is 36.4 Å². The minimum Gasteiger partial charge on any atom is -0.369 e. The number of rotatable bonds is 6. The number of anilines is 3. The van der Waals surface area contributed by atoms with Gasteiger partial charge in [-0.1, -0.05) is 29.8 Å². The van der Waals surface area contributed by atoms with E-state index in [1.807, 2.05) is 35.8 Å². The number of nitrogens with one attached hydrogen (secondary N) is 3. The molecule has 4 heterocycles. The van der Waals surface area contributed by atoms with Gasteiger partial charge in [-0.2, -0.15) is 0 Å². The Morgan fingerprint density at radius 1 is 1.00 bits per heavy atom. The molecule has 4 aromatic rings. The molecule has 10 heteroatoms. The van der Waals surface area contributed by atoms with Gasteiger partial charge in [0, 0.05) is 54.0 Å². The highest BCUT2D eigenvalue weighted by atomic mass is 35.5. The summed E-state index contributed by atoms with van der Waals surface area (Å²) in [5.41, 5.74) is 3.56. The number of H-pyrrole nitrogens is 1. The molecule has 0 spiro atoms. The lowest BCUT2D eigenvalue weighted by Crippen LogP contribution is -2.47. The molecule has 2 atom stereocenters. The second kappa shape index (κ2) is 11.4. The van der Waals surface area contributed by atoms with Crippen LogP contribution >= 0.6 is 11.6 Å². The lowest BCUT2D eigenvalue weighted by atomic mass is 9.83. The molecule has 42 heavy (non-hydrogen) atoms. The van der Waals surface area contributed by atoms with Gasteiger partial charge >= 0.3 is 5.91 Å². The van der Waals surface area contributed by atoms with Crippen molar-refractivity contribution in [1.82, 2.24) is 4.57 Å². The highest BCUT2D eigenvalue weighted by Crippen LogP contribution is 2.39. The summed E-state index contributed by atoms with van der Waals surface area (Å²) < 4.78 is 16.3. The predicted molar refractivity (Wildman–Crippen MR) is 160 cm³/mol. The zero-order valence-electron chi connectivity index (χ0n) is 23.0. The average molecular weight is 587 g/mol. The van der Waals surface area contributed by atoms with Crippen LogP contribution in [0, 0.1) is 18.7 Å². The van der Waals surface area contributed by atoms with E-state index in [-0.39, 0.29) is 40.3 Å². The maximum atomic E-state index is 14.5. The van der Waals surface area contributed by atoms with E-state index in [1.165, 1.54) is 12.1 Å². The molecule has 1 saturated heterocycles. The Kier molecular flexibility index (Phi) is 7.51. The fourth-order valence-electron chi connectivity index (χ4n) is 6.05. The Hall–Kier alpha value is -4.50. The average Bonchev–Trinajstić information content (AvgIpc) is 2.95. The molecule has 0 saturated carbocycles. The first-order valence-corrected chi connectivity index (χ1v) is 14.2. The Balaban J connectivity index is 1.31. The Morgan fingerprint density at radius 3 is 2.62 bits per heavy atom. The maximum Gasteiger partial charge on any atom is 0.339 e. The van der Waals surface area contributed by atoms with Gasteiger partial charge in [0.05, 0.1) is 29.1 Å². The fraction of sp³-hybridized carbons (Fsp3) is 0.250. The monoisotopic (exact) mass is 586 g/mol. The number of hydrogen-bond donors (Lipinski definition) is 2. The van der Waals surface area contributed by atoms with Crippen LogP contribution < -0.4 is 26.1 Å². The Labute approximate surface area is 247 Å². The third kappa shape index (κ3) is 5.65. The van der Waals surface area contributed by atoms with E-state index in [9.17, 15) is 18.8 Å². The van der Waals surface area contributed by atoms with Crippen molar-refractivity contribution in [2.75, 3.05) is 28.6 Å². The van der Waals surface area contributed by atoms with Crippen LogP contribution in [0.2, 0.25) is 5.02 Å². The number of halogens is 2. The van der Waals surface area contributed by atoms with E-state index in [0.717, 1.165) is 23.5 Å². The van der Waals surface area contributed by atoms with Crippen LogP contribution in [0.1, 0.15) is 39.6 Å². The highest BCUT2D eigenvalue weighted by Gasteiger charge is 2.35. The number of benzene rings is 2. The third-order valence-corrected chi connectivity index (χ3v) is 8.30. The van der Waals surface area contributed by atoms with Crippen molar-refractivity contribution in [3.05, 3.63) is 117 Å². The fourth-order valence-corrected chi connectivity index (χ4v) is 6.28. The second-order valence-electron chi connectivity index (χ2n) is 11.0. The molecule has 0 aliphatic carbocycles. The van der Waals surface area contributed by atoms with Crippen LogP contribution in [0.3, 0.4) is 0 Å². The number of aryl methyl sites for hydroxylation is 1. The van der Waals surface area contributed by atoms with Gasteiger partial charge in [0.2, 0.25) is 5.91 Å². The van der Waals surface area contributed by atoms with Crippen LogP contribution in [0.4, 0.5) is 21.6 Å². The van der Waals surface area contributed by atoms with E-state index < -0.39 is 11.7 Å². The molecule has 214 valence electrons. The number of carbonyl (C=O) groups is 2. The molecule has 2 aromatic carbocycles. The summed E-state index contributed by atoms with van der Waals surface area (Å²) in [5, 5.41) is 5.96. The van der Waals surface area contributed by atoms with Crippen LogP contribution in [0.5, 0.6) is 0 Å². The molecule has 1 fully saturated rings. The van der Waals surface area contributed by atoms with Gasteiger partial charge in [0.25, 0.3) is 11.4 Å². The number of amides is 2. The van der Waals surface area contributed by atoms with Crippen molar-refractivity contribution in [3.63, 3.8) is 0 Å². The lowest BCUT2D eigenvalue weighted by molar-refractivity contribution is -0.370. The van der Waals surface area contributed by atoms with Crippen molar-refractivity contribution in [3.8, 4) is 0 Å². The minimum atomic E-state index is -0.557. The highest BCUT2D eigenvalue weighted by molar-refractivity contribution is 6.31. The summed E-state index contributed by atoms with van der Waals surface area (Å²) >= 11 is 6.18. The van der Waals surface area contributed by atoms with Gasteiger partial charge < -0.3 is 14.8 Å². The summed E-state index contributed by atoms with van der Waals surface area (Å²) in [7, 11) is 0. The van der Waals surface area contributed by atoms with Gasteiger partial charge in [0.1, 0.15) is 5.82 Å². The number of pyridine rings is 2. The zero-order valence-corrected chi connectivity index (χ0v) is 23.7. The van der Waals surface area contributed by atoms with Crippen LogP contribution in [-0.4, -0.2) is 29.5 Å². The van der Waals surface area contributed by atoms with Crippen molar-refractivity contribution in [2.24, 2.45) is 5.92 Å². The molecule has 3 N–H and O–H groups in total. The first-order chi connectivity index (χ1) is 20.2. The number of hydrogen-bond acceptors (Lipinski definition) is 4.